The van der Waals surface area contributed by atoms with Crippen LogP contribution in [0.2, 0.25) is 0 Å². The number of alkyl halides is 2. The van der Waals surface area contributed by atoms with Gasteiger partial charge in [0.05, 0.1) is 17.9 Å². The fourth-order valence-electron chi connectivity index (χ4n) is 1.96. The van der Waals surface area contributed by atoms with Gasteiger partial charge in [0.2, 0.25) is 5.88 Å². The van der Waals surface area contributed by atoms with Crippen molar-refractivity contribution in [1.82, 2.24) is 9.94 Å². The minimum atomic E-state index is -2.77. The monoisotopic (exact) mass is 326 g/mol. The molecule has 1 aromatic heterocycles. The molecule has 0 aliphatic heterocycles. The molecule has 0 atom stereocenters. The highest BCUT2D eigenvalue weighted by molar-refractivity contribution is 5.91. The van der Waals surface area contributed by atoms with Crippen molar-refractivity contribution in [3.63, 3.8) is 0 Å². The highest BCUT2D eigenvalue weighted by atomic mass is 19.3. The van der Waals surface area contributed by atoms with Gasteiger partial charge in [0.25, 0.3) is 6.43 Å². The fourth-order valence-corrected chi connectivity index (χ4v) is 1.96. The van der Waals surface area contributed by atoms with Crippen molar-refractivity contribution in [3.8, 4) is 5.88 Å². The number of carbonyl (C=O) groups is 1. The van der Waals surface area contributed by atoms with E-state index in [1.165, 1.54) is 30.5 Å². The predicted molar refractivity (Wildman–Crippen MR) is 75.7 cm³/mol. The highest BCUT2D eigenvalue weighted by Gasteiger charge is 2.22. The summed E-state index contributed by atoms with van der Waals surface area (Å²) in [5.74, 6) is -0.659. The van der Waals surface area contributed by atoms with Gasteiger partial charge < -0.3 is 14.7 Å². The van der Waals surface area contributed by atoms with Crippen molar-refractivity contribution in [2.24, 2.45) is 0 Å². The Labute approximate surface area is 131 Å². The van der Waals surface area contributed by atoms with E-state index in [-0.39, 0.29) is 35.3 Å². The van der Waals surface area contributed by atoms with E-state index in [0.29, 0.717) is 4.85 Å². The van der Waals surface area contributed by atoms with E-state index >= 15 is 0 Å². The van der Waals surface area contributed by atoms with Crippen LogP contribution in [0.25, 0.3) is 0 Å². The SMILES string of the molecule is CC(C)OC(=O)c1cccc(C(F)F)c1COc1ccn(O)n1. The van der Waals surface area contributed by atoms with Crippen LogP contribution in [0.4, 0.5) is 8.78 Å². The molecule has 0 saturated carbocycles. The molecule has 2 aromatic rings. The Balaban J connectivity index is 2.31. The quantitative estimate of drug-likeness (QED) is 0.652. The van der Waals surface area contributed by atoms with Gasteiger partial charge in [-0.1, -0.05) is 17.2 Å². The van der Waals surface area contributed by atoms with Crippen molar-refractivity contribution < 1.29 is 28.3 Å². The topological polar surface area (TPSA) is 73.6 Å². The van der Waals surface area contributed by atoms with Gasteiger partial charge in [0.1, 0.15) is 6.61 Å². The van der Waals surface area contributed by atoms with Crippen LogP contribution in [0.15, 0.2) is 30.5 Å². The molecule has 23 heavy (non-hydrogen) atoms. The zero-order valence-corrected chi connectivity index (χ0v) is 12.6. The molecule has 0 aliphatic rings. The first-order valence-electron chi connectivity index (χ1n) is 6.87. The summed E-state index contributed by atoms with van der Waals surface area (Å²) in [6.07, 6.45) is -1.92. The highest BCUT2D eigenvalue weighted by Crippen LogP contribution is 2.27. The van der Waals surface area contributed by atoms with Crippen LogP contribution >= 0.6 is 0 Å². The number of benzene rings is 1. The average molecular weight is 326 g/mol. The van der Waals surface area contributed by atoms with Crippen LogP contribution < -0.4 is 4.74 Å². The molecule has 0 fully saturated rings. The first-order chi connectivity index (χ1) is 10.9. The number of aromatic nitrogens is 2. The van der Waals surface area contributed by atoms with Gasteiger partial charge in [-0.25, -0.2) is 13.6 Å². The van der Waals surface area contributed by atoms with Crippen molar-refractivity contribution in [2.75, 3.05) is 0 Å². The number of rotatable bonds is 6. The molecular weight excluding hydrogens is 310 g/mol. The summed E-state index contributed by atoms with van der Waals surface area (Å²) in [5, 5.41) is 12.6. The maximum Gasteiger partial charge on any atom is 0.338 e. The van der Waals surface area contributed by atoms with Gasteiger partial charge >= 0.3 is 5.97 Å². The van der Waals surface area contributed by atoms with E-state index in [9.17, 15) is 13.6 Å². The molecule has 0 spiro atoms. The van der Waals surface area contributed by atoms with Crippen LogP contribution in [-0.4, -0.2) is 27.2 Å². The Kier molecular flexibility index (Phi) is 5.15. The van der Waals surface area contributed by atoms with Crippen LogP contribution in [-0.2, 0) is 11.3 Å². The van der Waals surface area contributed by atoms with E-state index < -0.39 is 12.4 Å². The van der Waals surface area contributed by atoms with Crippen molar-refractivity contribution in [2.45, 2.75) is 33.0 Å². The zero-order chi connectivity index (χ0) is 17.0. The van der Waals surface area contributed by atoms with Gasteiger partial charge in [-0.15, -0.1) is 4.85 Å². The molecule has 6 nitrogen and oxygen atoms in total. The third-order valence-electron chi connectivity index (χ3n) is 2.93. The number of halogens is 2. The van der Waals surface area contributed by atoms with Gasteiger partial charge in [-0.05, 0) is 19.9 Å². The first kappa shape index (κ1) is 16.7. The third kappa shape index (κ3) is 4.18. The maximum absolute atomic E-state index is 13.2. The lowest BCUT2D eigenvalue weighted by Crippen LogP contribution is -2.16. The Hall–Kier alpha value is -2.64. The van der Waals surface area contributed by atoms with E-state index in [1.54, 1.807) is 13.8 Å². The number of hydrogen-bond acceptors (Lipinski definition) is 5. The molecule has 0 amide bonds. The standard InChI is InChI=1S/C15H16F2N2O4/c1-9(2)23-15(20)11-5-3-4-10(14(16)17)12(11)8-22-13-6-7-19(21)18-13/h3-7,9,14,21H,8H2,1-2H3. The predicted octanol–water partition coefficient (Wildman–Crippen LogP) is 3.20. The number of nitrogens with zero attached hydrogens (tertiary/aromatic N) is 2. The summed E-state index contributed by atoms with van der Waals surface area (Å²) in [5.41, 5.74) is -0.271. The second-order valence-electron chi connectivity index (χ2n) is 4.99. The molecule has 0 radical (unpaired) electrons. The molecule has 0 unspecified atom stereocenters. The van der Waals surface area contributed by atoms with Crippen LogP contribution in [0.3, 0.4) is 0 Å². The van der Waals surface area contributed by atoms with Gasteiger partial charge in [-0.2, -0.15) is 0 Å². The Morgan fingerprint density at radius 3 is 2.65 bits per heavy atom. The zero-order valence-electron chi connectivity index (χ0n) is 12.6. The van der Waals surface area contributed by atoms with Crippen LogP contribution in [0.5, 0.6) is 5.88 Å². The molecule has 1 N–H and O–H groups in total. The molecule has 1 aromatic carbocycles. The van der Waals surface area contributed by atoms with E-state index in [2.05, 4.69) is 5.10 Å². The average Bonchev–Trinajstić information content (AvgIpc) is 2.89. The second-order valence-corrected chi connectivity index (χ2v) is 4.99. The Bertz CT molecular complexity index is 686. The van der Waals surface area contributed by atoms with Crippen molar-refractivity contribution >= 4 is 5.97 Å². The molecule has 8 heteroatoms. The number of carbonyl (C=O) groups excluding carboxylic acids is 1. The summed E-state index contributed by atoms with van der Waals surface area (Å²) in [6.45, 7) is 3.03. The van der Waals surface area contributed by atoms with Gasteiger partial charge in [-0.3, -0.25) is 0 Å². The smallest absolute Gasteiger partial charge is 0.338 e. The minimum Gasteiger partial charge on any atom is -0.472 e. The van der Waals surface area contributed by atoms with E-state index in [1.807, 2.05) is 0 Å². The molecule has 124 valence electrons. The van der Waals surface area contributed by atoms with Gasteiger partial charge in [0.15, 0.2) is 0 Å². The molecule has 0 saturated heterocycles. The van der Waals surface area contributed by atoms with E-state index in [0.717, 1.165) is 0 Å². The summed E-state index contributed by atoms with van der Waals surface area (Å²) < 4.78 is 36.7. The lowest BCUT2D eigenvalue weighted by molar-refractivity contribution is 0.0374. The number of hydrogen-bond donors (Lipinski definition) is 1. The van der Waals surface area contributed by atoms with E-state index in [4.69, 9.17) is 14.7 Å². The Morgan fingerprint density at radius 1 is 1.35 bits per heavy atom. The molecule has 0 bridgehead atoms. The lowest BCUT2D eigenvalue weighted by Gasteiger charge is -2.15. The molecule has 2 rings (SSSR count). The summed E-state index contributed by atoms with van der Waals surface area (Å²) in [7, 11) is 0. The third-order valence-corrected chi connectivity index (χ3v) is 2.93. The van der Waals surface area contributed by atoms with Gasteiger partial charge in [0, 0.05) is 17.2 Å². The number of esters is 1. The van der Waals surface area contributed by atoms with Crippen LogP contribution in [0.1, 0.15) is 41.8 Å². The minimum absolute atomic E-state index is 0.0138. The number of ether oxygens (including phenoxy) is 2. The summed E-state index contributed by atoms with van der Waals surface area (Å²) in [4.78, 5) is 12.6. The normalized spacial score (nSPS) is 11.0. The molecular formula is C15H16F2N2O4. The van der Waals surface area contributed by atoms with Crippen LogP contribution in [0, 0.1) is 0 Å². The summed E-state index contributed by atoms with van der Waals surface area (Å²) >= 11 is 0. The second kappa shape index (κ2) is 7.08. The largest absolute Gasteiger partial charge is 0.472 e. The lowest BCUT2D eigenvalue weighted by atomic mass is 10.0. The Morgan fingerprint density at radius 2 is 2.09 bits per heavy atom. The van der Waals surface area contributed by atoms with Crippen molar-refractivity contribution in [1.29, 1.82) is 0 Å². The van der Waals surface area contributed by atoms with Crippen molar-refractivity contribution in [3.05, 3.63) is 47.2 Å². The summed E-state index contributed by atoms with van der Waals surface area (Å²) in [6, 6.07) is 5.35. The maximum atomic E-state index is 13.2. The first-order valence-corrected chi connectivity index (χ1v) is 6.87. The molecule has 1 heterocycles. The molecule has 0 aliphatic carbocycles. The fraction of sp³-hybridized carbons (Fsp3) is 0.333.